The van der Waals surface area contributed by atoms with Crippen LogP contribution in [0.2, 0.25) is 0 Å². The number of benzene rings is 1. The highest BCUT2D eigenvalue weighted by atomic mass is 35.5. The zero-order valence-corrected chi connectivity index (χ0v) is 10.2. The van der Waals surface area contributed by atoms with Crippen molar-refractivity contribution in [1.82, 2.24) is 0 Å². The Morgan fingerprint density at radius 1 is 1.47 bits per heavy atom. The van der Waals surface area contributed by atoms with E-state index >= 15 is 0 Å². The molecule has 1 atom stereocenters. The van der Waals surface area contributed by atoms with Crippen LogP contribution in [0.25, 0.3) is 0 Å². The molecule has 0 aromatic heterocycles. The van der Waals surface area contributed by atoms with Crippen LogP contribution in [0, 0.1) is 11.6 Å². The Labute approximate surface area is 105 Å². The Bertz CT molecular complexity index is 388. The molecule has 96 valence electrons. The average Bonchev–Trinajstić information content (AvgIpc) is 2.22. The summed E-state index contributed by atoms with van der Waals surface area (Å²) in [5, 5.41) is 2.32. The third-order valence-electron chi connectivity index (χ3n) is 2.13. The highest BCUT2D eigenvalue weighted by Gasteiger charge is 2.14. The minimum absolute atomic E-state index is 0. The maximum atomic E-state index is 13.2. The Balaban J connectivity index is 0.00000256. The predicted octanol–water partition coefficient (Wildman–Crippen LogP) is 2.45. The fourth-order valence-electron chi connectivity index (χ4n) is 1.26. The van der Waals surface area contributed by atoms with Crippen molar-refractivity contribution in [2.24, 2.45) is 5.73 Å². The van der Waals surface area contributed by atoms with Crippen LogP contribution in [-0.2, 0) is 4.79 Å². The summed E-state index contributed by atoms with van der Waals surface area (Å²) in [6, 6.07) is 2.28. The molecular weight excluding hydrogens is 250 g/mol. The highest BCUT2D eigenvalue weighted by Crippen LogP contribution is 2.15. The molecular formula is C11H15ClF2N2O. The van der Waals surface area contributed by atoms with E-state index in [-0.39, 0.29) is 18.1 Å². The van der Waals surface area contributed by atoms with E-state index in [1.54, 1.807) is 0 Å². The monoisotopic (exact) mass is 264 g/mol. The number of hydrogen-bond donors (Lipinski definition) is 2. The second-order valence-corrected chi connectivity index (χ2v) is 3.51. The lowest BCUT2D eigenvalue weighted by molar-refractivity contribution is -0.117. The van der Waals surface area contributed by atoms with Crippen LogP contribution >= 0.6 is 12.4 Å². The number of anilines is 1. The van der Waals surface area contributed by atoms with Gasteiger partial charge >= 0.3 is 0 Å². The van der Waals surface area contributed by atoms with Crippen molar-refractivity contribution in [2.45, 2.75) is 25.8 Å². The van der Waals surface area contributed by atoms with E-state index in [4.69, 9.17) is 5.73 Å². The van der Waals surface area contributed by atoms with Crippen LogP contribution in [0.5, 0.6) is 0 Å². The Kier molecular flexibility index (Phi) is 6.68. The van der Waals surface area contributed by atoms with Gasteiger partial charge in [-0.05, 0) is 18.6 Å². The maximum Gasteiger partial charge on any atom is 0.241 e. The summed E-state index contributed by atoms with van der Waals surface area (Å²) in [7, 11) is 0. The van der Waals surface area contributed by atoms with Gasteiger partial charge in [0.15, 0.2) is 0 Å². The molecule has 1 aromatic rings. The number of nitrogens with two attached hydrogens (primary N) is 1. The molecule has 0 saturated carbocycles. The third-order valence-corrected chi connectivity index (χ3v) is 2.13. The first-order valence-corrected chi connectivity index (χ1v) is 5.06. The minimum atomic E-state index is -0.808. The van der Waals surface area contributed by atoms with Gasteiger partial charge in [-0.25, -0.2) is 8.78 Å². The number of amides is 1. The van der Waals surface area contributed by atoms with Crippen molar-refractivity contribution in [3.05, 3.63) is 29.8 Å². The summed E-state index contributed by atoms with van der Waals surface area (Å²) in [6.45, 7) is 1.89. The van der Waals surface area contributed by atoms with Gasteiger partial charge in [-0.1, -0.05) is 13.3 Å². The summed E-state index contributed by atoms with van der Waals surface area (Å²) in [4.78, 5) is 11.4. The lowest BCUT2D eigenvalue weighted by atomic mass is 10.1. The van der Waals surface area contributed by atoms with Crippen LogP contribution in [-0.4, -0.2) is 11.9 Å². The molecule has 1 aromatic carbocycles. The van der Waals surface area contributed by atoms with Crippen molar-refractivity contribution in [1.29, 1.82) is 0 Å². The standard InChI is InChI=1S/C11H14F2N2O.ClH/c1-2-3-9(14)11(16)15-10-5-4-7(12)6-8(10)13;/h4-6,9H,2-3,14H2,1H3,(H,15,16);1H. The van der Waals surface area contributed by atoms with Crippen molar-refractivity contribution >= 4 is 24.0 Å². The number of rotatable bonds is 4. The van der Waals surface area contributed by atoms with E-state index in [9.17, 15) is 13.6 Å². The summed E-state index contributed by atoms with van der Waals surface area (Å²) < 4.78 is 25.8. The molecule has 1 unspecified atom stereocenters. The smallest absolute Gasteiger partial charge is 0.241 e. The molecule has 0 aliphatic rings. The maximum absolute atomic E-state index is 13.2. The van der Waals surface area contributed by atoms with E-state index < -0.39 is 23.6 Å². The van der Waals surface area contributed by atoms with Gasteiger partial charge in [0.25, 0.3) is 0 Å². The molecule has 3 N–H and O–H groups in total. The topological polar surface area (TPSA) is 55.1 Å². The van der Waals surface area contributed by atoms with Gasteiger partial charge in [-0.15, -0.1) is 12.4 Å². The second kappa shape index (κ2) is 7.19. The number of nitrogens with one attached hydrogen (secondary N) is 1. The van der Waals surface area contributed by atoms with E-state index in [0.29, 0.717) is 12.5 Å². The van der Waals surface area contributed by atoms with Crippen LogP contribution < -0.4 is 11.1 Å². The predicted molar refractivity (Wildman–Crippen MR) is 65.1 cm³/mol. The van der Waals surface area contributed by atoms with Gasteiger partial charge < -0.3 is 11.1 Å². The minimum Gasteiger partial charge on any atom is -0.322 e. The Hall–Kier alpha value is -1.20. The van der Waals surface area contributed by atoms with Crippen molar-refractivity contribution < 1.29 is 13.6 Å². The van der Waals surface area contributed by atoms with Gasteiger partial charge in [0, 0.05) is 6.07 Å². The summed E-state index contributed by atoms with van der Waals surface area (Å²) in [5.41, 5.74) is 5.49. The van der Waals surface area contributed by atoms with Crippen molar-refractivity contribution in [3.8, 4) is 0 Å². The molecule has 1 rings (SSSR count). The van der Waals surface area contributed by atoms with Gasteiger partial charge in [-0.2, -0.15) is 0 Å². The first-order valence-electron chi connectivity index (χ1n) is 5.06. The first-order chi connectivity index (χ1) is 7.54. The lowest BCUT2D eigenvalue weighted by Gasteiger charge is -2.11. The van der Waals surface area contributed by atoms with Crippen LogP contribution in [0.3, 0.4) is 0 Å². The lowest BCUT2D eigenvalue weighted by Crippen LogP contribution is -2.35. The van der Waals surface area contributed by atoms with Gasteiger partial charge in [0.2, 0.25) is 5.91 Å². The fraction of sp³-hybridized carbons (Fsp3) is 0.364. The van der Waals surface area contributed by atoms with Gasteiger partial charge in [0.1, 0.15) is 11.6 Å². The number of carbonyl (C=O) groups excluding carboxylic acids is 1. The molecule has 0 heterocycles. The van der Waals surface area contributed by atoms with Crippen LogP contribution in [0.4, 0.5) is 14.5 Å². The zero-order chi connectivity index (χ0) is 12.1. The number of hydrogen-bond acceptors (Lipinski definition) is 2. The summed E-state index contributed by atoms with van der Waals surface area (Å²) in [5.74, 6) is -1.96. The third kappa shape index (κ3) is 4.66. The normalized spacial score (nSPS) is 11.5. The van der Waals surface area contributed by atoms with E-state index in [0.717, 1.165) is 12.5 Å². The van der Waals surface area contributed by atoms with E-state index in [2.05, 4.69) is 5.32 Å². The summed E-state index contributed by atoms with van der Waals surface area (Å²) in [6.07, 6.45) is 1.29. The van der Waals surface area contributed by atoms with Gasteiger partial charge in [-0.3, -0.25) is 4.79 Å². The number of carbonyl (C=O) groups is 1. The molecule has 0 spiro atoms. The molecule has 0 fully saturated rings. The van der Waals surface area contributed by atoms with Crippen LogP contribution in [0.1, 0.15) is 19.8 Å². The largest absolute Gasteiger partial charge is 0.322 e. The number of halogens is 3. The van der Waals surface area contributed by atoms with Crippen LogP contribution in [0.15, 0.2) is 18.2 Å². The Morgan fingerprint density at radius 3 is 2.65 bits per heavy atom. The molecule has 0 aliphatic carbocycles. The molecule has 6 heteroatoms. The SMILES string of the molecule is CCCC(N)C(=O)Nc1ccc(F)cc1F.Cl. The first kappa shape index (κ1) is 15.8. The van der Waals surface area contributed by atoms with E-state index in [1.165, 1.54) is 6.07 Å². The quantitative estimate of drug-likeness (QED) is 0.878. The molecule has 3 nitrogen and oxygen atoms in total. The molecule has 0 bridgehead atoms. The van der Waals surface area contributed by atoms with Crippen molar-refractivity contribution in [3.63, 3.8) is 0 Å². The molecule has 0 saturated heterocycles. The van der Waals surface area contributed by atoms with E-state index in [1.807, 2.05) is 6.92 Å². The fourth-order valence-corrected chi connectivity index (χ4v) is 1.26. The summed E-state index contributed by atoms with van der Waals surface area (Å²) >= 11 is 0. The Morgan fingerprint density at radius 2 is 2.12 bits per heavy atom. The molecule has 1 amide bonds. The molecule has 0 radical (unpaired) electrons. The highest BCUT2D eigenvalue weighted by molar-refractivity contribution is 5.94. The van der Waals surface area contributed by atoms with Crippen molar-refractivity contribution in [2.75, 3.05) is 5.32 Å². The average molecular weight is 265 g/mol. The molecule has 17 heavy (non-hydrogen) atoms. The second-order valence-electron chi connectivity index (χ2n) is 3.51. The van der Waals surface area contributed by atoms with Gasteiger partial charge in [0.05, 0.1) is 11.7 Å². The molecule has 0 aliphatic heterocycles. The zero-order valence-electron chi connectivity index (χ0n) is 9.37.